The molecule has 1 N–H and O–H groups in total. The van der Waals surface area contributed by atoms with E-state index in [1.807, 2.05) is 11.8 Å². The monoisotopic (exact) mass is 319 g/mol. The Morgan fingerprint density at radius 3 is 2.78 bits per heavy atom. The molecule has 0 unspecified atom stereocenters. The van der Waals surface area contributed by atoms with Crippen molar-refractivity contribution in [2.75, 3.05) is 32.8 Å². The quantitative estimate of drug-likeness (QED) is 0.855. The minimum atomic E-state index is -0.00471. The fourth-order valence-corrected chi connectivity index (χ4v) is 3.24. The van der Waals surface area contributed by atoms with Gasteiger partial charge in [-0.25, -0.2) is 0 Å². The number of aromatic amines is 1. The van der Waals surface area contributed by atoms with Gasteiger partial charge in [-0.05, 0) is 32.8 Å². The topological polar surface area (TPSA) is 65.6 Å². The smallest absolute Gasteiger partial charge is 0.270 e. The van der Waals surface area contributed by atoms with E-state index >= 15 is 0 Å². The molecule has 0 spiro atoms. The van der Waals surface area contributed by atoms with E-state index in [0.29, 0.717) is 24.4 Å². The molecule has 0 aliphatic carbocycles. The molecule has 23 heavy (non-hydrogen) atoms. The Kier molecular flexibility index (Phi) is 4.82. The number of nitrogens with zero attached hydrogens (tertiary/aromatic N) is 2. The molecule has 6 heteroatoms. The molecule has 0 aromatic carbocycles. The molecule has 3 rings (SSSR count). The van der Waals surface area contributed by atoms with Gasteiger partial charge in [-0.1, -0.05) is 0 Å². The lowest BCUT2D eigenvalue weighted by Crippen LogP contribution is -2.49. The molecule has 0 saturated carbocycles. The third-order valence-corrected chi connectivity index (χ3v) is 4.71. The number of hydrogen-bond donors (Lipinski definition) is 1. The van der Waals surface area contributed by atoms with Gasteiger partial charge in [0, 0.05) is 37.4 Å². The number of nitrogens with one attached hydrogen (secondary N) is 1. The number of ether oxygens (including phenoxy) is 1. The van der Waals surface area contributed by atoms with Crippen LogP contribution in [0.4, 0.5) is 0 Å². The third-order valence-electron chi connectivity index (χ3n) is 4.71. The number of amides is 1. The van der Waals surface area contributed by atoms with Gasteiger partial charge in [0.2, 0.25) is 0 Å². The van der Waals surface area contributed by atoms with Crippen molar-refractivity contribution < 1.29 is 14.3 Å². The van der Waals surface area contributed by atoms with Crippen LogP contribution in [-0.2, 0) is 4.74 Å². The van der Waals surface area contributed by atoms with Gasteiger partial charge in [-0.15, -0.1) is 0 Å². The van der Waals surface area contributed by atoms with Gasteiger partial charge >= 0.3 is 0 Å². The van der Waals surface area contributed by atoms with Crippen molar-refractivity contribution in [1.82, 2.24) is 14.8 Å². The van der Waals surface area contributed by atoms with Crippen molar-refractivity contribution in [2.24, 2.45) is 0 Å². The number of Topliss-reactive ketones (excluding diaryl/α,β-unsaturated/α-hetero) is 1. The number of rotatable bonds is 4. The molecule has 3 heterocycles. The van der Waals surface area contributed by atoms with E-state index in [4.69, 9.17) is 4.74 Å². The Bertz CT molecular complexity index is 577. The van der Waals surface area contributed by atoms with Crippen LogP contribution >= 0.6 is 0 Å². The van der Waals surface area contributed by atoms with Crippen LogP contribution in [-0.4, -0.2) is 71.4 Å². The van der Waals surface area contributed by atoms with E-state index in [1.54, 1.807) is 12.3 Å². The fourth-order valence-electron chi connectivity index (χ4n) is 3.24. The van der Waals surface area contributed by atoms with Crippen LogP contribution in [0.1, 0.15) is 47.5 Å². The van der Waals surface area contributed by atoms with Crippen molar-refractivity contribution >= 4 is 11.7 Å². The molecule has 2 aliphatic heterocycles. The molecule has 0 bridgehead atoms. The summed E-state index contributed by atoms with van der Waals surface area (Å²) in [6, 6.07) is 1.93. The lowest BCUT2D eigenvalue weighted by atomic mass is 10.1. The number of morpholine rings is 1. The van der Waals surface area contributed by atoms with Gasteiger partial charge in [0.15, 0.2) is 5.78 Å². The standard InChI is InChI=1S/C17H25N3O3/c1-12-11-23-13(2)9-20(12)10-16(21)14-7-15(18-8-14)17(22)19-5-3-4-6-19/h7-8,12-13,18H,3-6,9-11H2,1-2H3/t12-,13-/m0/s1. The van der Waals surface area contributed by atoms with Gasteiger partial charge in [0.05, 0.1) is 19.3 Å². The summed E-state index contributed by atoms with van der Waals surface area (Å²) in [6.07, 6.45) is 3.93. The first-order valence-corrected chi connectivity index (χ1v) is 8.41. The Morgan fingerprint density at radius 2 is 2.04 bits per heavy atom. The lowest BCUT2D eigenvalue weighted by Gasteiger charge is -2.36. The molecule has 2 aliphatic rings. The zero-order valence-corrected chi connectivity index (χ0v) is 13.9. The molecule has 2 saturated heterocycles. The van der Waals surface area contributed by atoms with Crippen molar-refractivity contribution in [3.8, 4) is 0 Å². The SMILES string of the molecule is C[C@H]1CN(CC(=O)c2c[nH]c(C(=O)N3CCCC3)c2)[C@@H](C)CO1. The summed E-state index contributed by atoms with van der Waals surface area (Å²) in [5.74, 6) is 0.0394. The molecule has 1 amide bonds. The highest BCUT2D eigenvalue weighted by atomic mass is 16.5. The van der Waals surface area contributed by atoms with Crippen molar-refractivity contribution in [3.05, 3.63) is 23.5 Å². The summed E-state index contributed by atoms with van der Waals surface area (Å²) in [5.41, 5.74) is 1.09. The molecular formula is C17H25N3O3. The maximum absolute atomic E-state index is 12.5. The minimum absolute atomic E-state index is 0.00471. The second kappa shape index (κ2) is 6.84. The number of hydrogen-bond acceptors (Lipinski definition) is 4. The summed E-state index contributed by atoms with van der Waals surface area (Å²) in [6.45, 7) is 7.49. The average Bonchev–Trinajstić information content (AvgIpc) is 3.21. The average molecular weight is 319 g/mol. The molecule has 0 radical (unpaired) electrons. The number of carbonyl (C=O) groups is 2. The van der Waals surface area contributed by atoms with E-state index in [2.05, 4.69) is 16.8 Å². The molecule has 6 nitrogen and oxygen atoms in total. The van der Waals surface area contributed by atoms with Crippen molar-refractivity contribution in [1.29, 1.82) is 0 Å². The minimum Gasteiger partial charge on any atom is -0.376 e. The normalized spacial score (nSPS) is 25.7. The van der Waals surface area contributed by atoms with Crippen LogP contribution in [0.15, 0.2) is 12.3 Å². The predicted octanol–water partition coefficient (Wildman–Crippen LogP) is 1.54. The van der Waals surface area contributed by atoms with Gasteiger partial charge in [0.1, 0.15) is 5.69 Å². The molecule has 1 aromatic heterocycles. The van der Waals surface area contributed by atoms with Crippen LogP contribution in [0.5, 0.6) is 0 Å². The summed E-state index contributed by atoms with van der Waals surface area (Å²) in [4.78, 5) is 31.8. The number of carbonyl (C=O) groups excluding carboxylic acids is 2. The van der Waals surface area contributed by atoms with E-state index in [9.17, 15) is 9.59 Å². The Balaban J connectivity index is 1.62. The Labute approximate surface area is 136 Å². The maximum atomic E-state index is 12.5. The first-order chi connectivity index (χ1) is 11.0. The maximum Gasteiger partial charge on any atom is 0.270 e. The van der Waals surface area contributed by atoms with E-state index in [-0.39, 0.29) is 23.8 Å². The lowest BCUT2D eigenvalue weighted by molar-refractivity contribution is -0.0460. The molecule has 126 valence electrons. The van der Waals surface area contributed by atoms with Crippen LogP contribution < -0.4 is 0 Å². The van der Waals surface area contributed by atoms with Crippen molar-refractivity contribution in [3.63, 3.8) is 0 Å². The predicted molar refractivity (Wildman–Crippen MR) is 86.7 cm³/mol. The zero-order chi connectivity index (χ0) is 16.4. The molecule has 2 atom stereocenters. The van der Waals surface area contributed by atoms with Crippen LogP contribution in [0.25, 0.3) is 0 Å². The number of ketones is 1. The summed E-state index contributed by atoms with van der Waals surface area (Å²) < 4.78 is 5.59. The third kappa shape index (κ3) is 3.64. The zero-order valence-electron chi connectivity index (χ0n) is 13.9. The van der Waals surface area contributed by atoms with Gasteiger partial charge in [-0.3, -0.25) is 14.5 Å². The van der Waals surface area contributed by atoms with Crippen LogP contribution in [0.2, 0.25) is 0 Å². The van der Waals surface area contributed by atoms with E-state index in [1.165, 1.54) is 0 Å². The summed E-state index contributed by atoms with van der Waals surface area (Å²) >= 11 is 0. The van der Waals surface area contributed by atoms with E-state index in [0.717, 1.165) is 32.5 Å². The highest BCUT2D eigenvalue weighted by molar-refractivity contribution is 6.01. The first kappa shape index (κ1) is 16.2. The second-order valence-corrected chi connectivity index (χ2v) is 6.65. The highest BCUT2D eigenvalue weighted by Crippen LogP contribution is 2.15. The Hall–Kier alpha value is -1.66. The fraction of sp³-hybridized carbons (Fsp3) is 0.647. The van der Waals surface area contributed by atoms with E-state index < -0.39 is 0 Å². The Morgan fingerprint density at radius 1 is 1.30 bits per heavy atom. The number of likely N-dealkylation sites (tertiary alicyclic amines) is 1. The van der Waals surface area contributed by atoms with Crippen LogP contribution in [0.3, 0.4) is 0 Å². The van der Waals surface area contributed by atoms with Crippen LogP contribution in [0, 0.1) is 0 Å². The molecule has 1 aromatic rings. The molecular weight excluding hydrogens is 294 g/mol. The number of aromatic nitrogens is 1. The summed E-state index contributed by atoms with van der Waals surface area (Å²) in [7, 11) is 0. The highest BCUT2D eigenvalue weighted by Gasteiger charge is 2.26. The molecule has 2 fully saturated rings. The van der Waals surface area contributed by atoms with Gasteiger partial charge < -0.3 is 14.6 Å². The van der Waals surface area contributed by atoms with Gasteiger partial charge in [-0.2, -0.15) is 0 Å². The first-order valence-electron chi connectivity index (χ1n) is 8.41. The van der Waals surface area contributed by atoms with Crippen molar-refractivity contribution in [2.45, 2.75) is 38.8 Å². The summed E-state index contributed by atoms with van der Waals surface area (Å²) in [5, 5.41) is 0. The second-order valence-electron chi connectivity index (χ2n) is 6.65. The number of H-pyrrole nitrogens is 1. The van der Waals surface area contributed by atoms with Gasteiger partial charge in [0.25, 0.3) is 5.91 Å². The largest absolute Gasteiger partial charge is 0.376 e.